The molecule has 20 heavy (non-hydrogen) atoms. The van der Waals surface area contributed by atoms with Crippen LogP contribution >= 0.6 is 12.4 Å². The van der Waals surface area contributed by atoms with Gasteiger partial charge < -0.3 is 4.74 Å². The molecule has 1 atom stereocenters. The highest BCUT2D eigenvalue weighted by Crippen LogP contribution is 2.20. The molecule has 0 fully saturated rings. The van der Waals surface area contributed by atoms with Crippen LogP contribution in [0.5, 0.6) is 0 Å². The van der Waals surface area contributed by atoms with Crippen LogP contribution in [0.1, 0.15) is 34.6 Å². The first kappa shape index (κ1) is 16.1. The van der Waals surface area contributed by atoms with Gasteiger partial charge in [0.05, 0.1) is 17.7 Å². The third-order valence-corrected chi connectivity index (χ3v) is 2.76. The summed E-state index contributed by atoms with van der Waals surface area (Å²) in [4.78, 5) is 35.5. The zero-order valence-electron chi connectivity index (χ0n) is 11.1. The number of halogens is 1. The lowest BCUT2D eigenvalue weighted by Gasteiger charge is -2.19. The summed E-state index contributed by atoms with van der Waals surface area (Å²) < 4.78 is 4.81. The molecule has 1 aromatic carbocycles. The Kier molecular flexibility index (Phi) is 5.24. The predicted molar refractivity (Wildman–Crippen MR) is 73.4 cm³/mol. The van der Waals surface area contributed by atoms with Gasteiger partial charge in [-0.1, -0.05) is 12.1 Å². The largest absolute Gasteiger partial charge is 0.465 e. The van der Waals surface area contributed by atoms with Crippen LogP contribution in [-0.2, 0) is 9.53 Å². The number of benzene rings is 1. The molecule has 0 saturated carbocycles. The Morgan fingerprint density at radius 1 is 1.25 bits per heavy atom. The Labute approximate surface area is 122 Å². The van der Waals surface area contributed by atoms with Crippen LogP contribution in [0.25, 0.3) is 0 Å². The summed E-state index contributed by atoms with van der Waals surface area (Å²) >= 11 is 0. The summed E-state index contributed by atoms with van der Waals surface area (Å²) in [7, 11) is 0. The topological polar surface area (TPSA) is 75.7 Å². The van der Waals surface area contributed by atoms with Gasteiger partial charge in [0.15, 0.2) is 0 Å². The molecule has 2 rings (SSSR count). The molecule has 0 spiro atoms. The van der Waals surface area contributed by atoms with E-state index >= 15 is 0 Å². The van der Waals surface area contributed by atoms with Gasteiger partial charge in [-0.15, -0.1) is 12.4 Å². The van der Waals surface area contributed by atoms with Crippen molar-refractivity contribution in [2.45, 2.75) is 19.9 Å². The Balaban J connectivity index is 0.00000200. The summed E-state index contributed by atoms with van der Waals surface area (Å²) in [6.07, 6.45) is 0. The maximum Gasteiger partial charge on any atom is 0.324 e. The molecule has 7 heteroatoms. The SMILES string of the molecule is CCOC(=O)C(C)NN1C(=O)c2ccccc2C1=O.Cl. The van der Waals surface area contributed by atoms with Crippen molar-refractivity contribution in [2.75, 3.05) is 6.61 Å². The monoisotopic (exact) mass is 298 g/mol. The number of carbonyl (C=O) groups excluding carboxylic acids is 3. The number of ether oxygens (including phenoxy) is 1. The van der Waals surface area contributed by atoms with Crippen molar-refractivity contribution < 1.29 is 19.1 Å². The minimum absolute atomic E-state index is 0. The fourth-order valence-corrected chi connectivity index (χ4v) is 1.82. The first-order chi connectivity index (χ1) is 9.06. The van der Waals surface area contributed by atoms with Gasteiger partial charge in [0.2, 0.25) is 0 Å². The number of rotatable bonds is 4. The molecule has 1 aromatic rings. The molecule has 1 heterocycles. The Morgan fingerprint density at radius 2 is 1.75 bits per heavy atom. The van der Waals surface area contributed by atoms with Crippen molar-refractivity contribution >= 4 is 30.2 Å². The highest BCUT2D eigenvalue weighted by atomic mass is 35.5. The highest BCUT2D eigenvalue weighted by molar-refractivity contribution is 6.21. The van der Waals surface area contributed by atoms with Gasteiger partial charge in [0.1, 0.15) is 6.04 Å². The van der Waals surface area contributed by atoms with Crippen molar-refractivity contribution in [2.24, 2.45) is 0 Å². The van der Waals surface area contributed by atoms with E-state index in [2.05, 4.69) is 5.43 Å². The van der Waals surface area contributed by atoms with Crippen molar-refractivity contribution in [3.63, 3.8) is 0 Å². The van der Waals surface area contributed by atoms with Crippen molar-refractivity contribution in [1.29, 1.82) is 0 Å². The molecule has 2 amide bonds. The standard InChI is InChI=1S/C13H14N2O4.ClH/c1-3-19-13(18)8(2)14-15-11(16)9-6-4-5-7-10(9)12(15)17;/h4-8,14H,3H2,1-2H3;1H. The molecule has 0 aliphatic carbocycles. The van der Waals surface area contributed by atoms with E-state index in [1.54, 1.807) is 31.2 Å². The highest BCUT2D eigenvalue weighted by Gasteiger charge is 2.37. The number of nitrogens with one attached hydrogen (secondary N) is 1. The number of amides is 2. The summed E-state index contributed by atoms with van der Waals surface area (Å²) in [5, 5.41) is 0.853. The molecule has 1 N–H and O–H groups in total. The fraction of sp³-hybridized carbons (Fsp3) is 0.308. The lowest BCUT2D eigenvalue weighted by molar-refractivity contribution is -0.146. The fourth-order valence-electron chi connectivity index (χ4n) is 1.82. The normalized spacial score (nSPS) is 14.6. The lowest BCUT2D eigenvalue weighted by Crippen LogP contribution is -2.50. The van der Waals surface area contributed by atoms with Crippen molar-refractivity contribution in [1.82, 2.24) is 10.4 Å². The minimum Gasteiger partial charge on any atom is -0.465 e. The molecule has 1 aliphatic heterocycles. The lowest BCUT2D eigenvalue weighted by atomic mass is 10.1. The van der Waals surface area contributed by atoms with Gasteiger partial charge in [-0.3, -0.25) is 14.4 Å². The molecule has 1 unspecified atom stereocenters. The van der Waals surface area contributed by atoms with Crippen LogP contribution in [-0.4, -0.2) is 35.4 Å². The predicted octanol–water partition coefficient (Wildman–Crippen LogP) is 1.16. The minimum atomic E-state index is -0.776. The van der Waals surface area contributed by atoms with E-state index in [-0.39, 0.29) is 19.0 Å². The van der Waals surface area contributed by atoms with Crippen molar-refractivity contribution in [3.05, 3.63) is 35.4 Å². The zero-order valence-corrected chi connectivity index (χ0v) is 11.9. The van der Waals surface area contributed by atoms with Gasteiger partial charge in [0.25, 0.3) is 11.8 Å². The number of hydrogen-bond donors (Lipinski definition) is 1. The summed E-state index contributed by atoms with van der Waals surface area (Å²) in [5.74, 6) is -1.44. The summed E-state index contributed by atoms with van der Waals surface area (Å²) in [6, 6.07) is 5.74. The zero-order chi connectivity index (χ0) is 14.0. The maximum atomic E-state index is 12.0. The first-order valence-electron chi connectivity index (χ1n) is 5.97. The van der Waals surface area contributed by atoms with Gasteiger partial charge in [-0.05, 0) is 26.0 Å². The quantitative estimate of drug-likeness (QED) is 0.667. The smallest absolute Gasteiger partial charge is 0.324 e. The van der Waals surface area contributed by atoms with Crippen LogP contribution in [0.15, 0.2) is 24.3 Å². The number of imide groups is 1. The second kappa shape index (κ2) is 6.49. The molecular formula is C13H15ClN2O4. The van der Waals surface area contributed by atoms with E-state index in [9.17, 15) is 14.4 Å². The molecule has 0 radical (unpaired) electrons. The molecule has 0 bridgehead atoms. The third-order valence-electron chi connectivity index (χ3n) is 2.76. The van der Waals surface area contributed by atoms with Crippen LogP contribution < -0.4 is 5.43 Å². The number of hydrazine groups is 1. The van der Waals surface area contributed by atoms with E-state index in [4.69, 9.17) is 4.74 Å². The molecular weight excluding hydrogens is 284 g/mol. The Morgan fingerprint density at radius 3 is 2.20 bits per heavy atom. The van der Waals surface area contributed by atoms with Crippen LogP contribution in [0, 0.1) is 0 Å². The van der Waals surface area contributed by atoms with Crippen LogP contribution in [0.4, 0.5) is 0 Å². The molecule has 0 saturated heterocycles. The molecule has 1 aliphatic rings. The van der Waals surface area contributed by atoms with E-state index in [0.29, 0.717) is 11.1 Å². The summed E-state index contributed by atoms with van der Waals surface area (Å²) in [6.45, 7) is 3.46. The molecule has 6 nitrogen and oxygen atoms in total. The molecule has 0 aromatic heterocycles. The number of hydrogen-bond acceptors (Lipinski definition) is 5. The Hall–Kier alpha value is -1.92. The van der Waals surface area contributed by atoms with E-state index in [1.807, 2.05) is 0 Å². The van der Waals surface area contributed by atoms with Gasteiger partial charge in [-0.2, -0.15) is 0 Å². The number of carbonyl (C=O) groups is 3. The van der Waals surface area contributed by atoms with Crippen LogP contribution in [0.3, 0.4) is 0 Å². The van der Waals surface area contributed by atoms with E-state index < -0.39 is 23.8 Å². The van der Waals surface area contributed by atoms with Crippen molar-refractivity contribution in [3.8, 4) is 0 Å². The van der Waals surface area contributed by atoms with Gasteiger partial charge in [-0.25, -0.2) is 10.4 Å². The molecule has 108 valence electrons. The second-order valence-corrected chi connectivity index (χ2v) is 4.09. The Bertz CT molecular complexity index is 512. The third kappa shape index (κ3) is 2.81. The van der Waals surface area contributed by atoms with Gasteiger partial charge in [0, 0.05) is 0 Å². The van der Waals surface area contributed by atoms with E-state index in [0.717, 1.165) is 5.01 Å². The second-order valence-electron chi connectivity index (χ2n) is 4.09. The average Bonchev–Trinajstić information content (AvgIpc) is 2.65. The number of fused-ring (bicyclic) bond motifs is 1. The van der Waals surface area contributed by atoms with E-state index in [1.165, 1.54) is 6.92 Å². The van der Waals surface area contributed by atoms with Gasteiger partial charge >= 0.3 is 5.97 Å². The summed E-state index contributed by atoms with van der Waals surface area (Å²) in [5.41, 5.74) is 3.23. The first-order valence-corrected chi connectivity index (χ1v) is 5.97. The maximum absolute atomic E-state index is 12.0. The average molecular weight is 299 g/mol. The number of esters is 1. The number of nitrogens with zero attached hydrogens (tertiary/aromatic N) is 1. The van der Waals surface area contributed by atoms with Crippen LogP contribution in [0.2, 0.25) is 0 Å².